The van der Waals surface area contributed by atoms with Gasteiger partial charge in [-0.2, -0.15) is 0 Å². The fourth-order valence-electron chi connectivity index (χ4n) is 3.03. The van der Waals surface area contributed by atoms with Crippen LogP contribution in [0.1, 0.15) is 52.0 Å². The molecule has 0 saturated heterocycles. The molecule has 0 fully saturated rings. The van der Waals surface area contributed by atoms with E-state index in [1.54, 1.807) is 20.8 Å². The van der Waals surface area contributed by atoms with Crippen LogP contribution < -0.4 is 16.4 Å². The third-order valence-electron chi connectivity index (χ3n) is 4.62. The lowest BCUT2D eigenvalue weighted by Gasteiger charge is -2.24. The molecule has 0 spiro atoms. The third kappa shape index (κ3) is 10.3. The highest BCUT2D eigenvalue weighted by Gasteiger charge is 2.28. The van der Waals surface area contributed by atoms with Gasteiger partial charge in [0.25, 0.3) is 0 Å². The van der Waals surface area contributed by atoms with E-state index in [9.17, 15) is 14.4 Å². The van der Waals surface area contributed by atoms with Crippen LogP contribution in [0.15, 0.2) is 35.5 Å². The van der Waals surface area contributed by atoms with Gasteiger partial charge in [0, 0.05) is 25.8 Å². The lowest BCUT2D eigenvalue weighted by atomic mass is 10.1. The number of hydrogen-bond donors (Lipinski definition) is 3. The van der Waals surface area contributed by atoms with Crippen molar-refractivity contribution in [3.8, 4) is 0 Å². The normalized spacial score (nSPS) is 16.2. The molecule has 2 atom stereocenters. The van der Waals surface area contributed by atoms with Crippen LogP contribution in [0.5, 0.6) is 0 Å². The summed E-state index contributed by atoms with van der Waals surface area (Å²) < 4.78 is 10.5. The number of amides is 2. The van der Waals surface area contributed by atoms with Gasteiger partial charge < -0.3 is 30.7 Å². The standard InChI is InChI=1S/C23H34N4O6/c1-23(2,3)32-21(29)19(26-22(30)31-15-16-7-5-4-6-8-16)14-25-20(28)10-9-18-13-17(11-12-24)27-33-18/h4-8,18-19H,9-15,24H2,1-3H3,(H,25,28)(H,26,30)/t18?,19-/m0/s1. The molecule has 4 N–H and O–H groups in total. The number of benzene rings is 1. The lowest BCUT2D eigenvalue weighted by molar-refractivity contribution is -0.157. The van der Waals surface area contributed by atoms with Gasteiger partial charge in [-0.05, 0) is 39.3 Å². The van der Waals surface area contributed by atoms with Gasteiger partial charge in [-0.15, -0.1) is 0 Å². The Balaban J connectivity index is 1.82. The van der Waals surface area contributed by atoms with E-state index < -0.39 is 23.7 Å². The van der Waals surface area contributed by atoms with Crippen LogP contribution in [-0.2, 0) is 30.5 Å². The summed E-state index contributed by atoms with van der Waals surface area (Å²) in [6.07, 6.45) is 1.05. The van der Waals surface area contributed by atoms with Crippen molar-refractivity contribution in [1.82, 2.24) is 10.6 Å². The summed E-state index contributed by atoms with van der Waals surface area (Å²) in [6.45, 7) is 5.58. The van der Waals surface area contributed by atoms with Gasteiger partial charge in [-0.25, -0.2) is 9.59 Å². The first kappa shape index (κ1) is 26.1. The highest BCUT2D eigenvalue weighted by molar-refractivity contribution is 5.86. The van der Waals surface area contributed by atoms with Crippen LogP contribution in [0.4, 0.5) is 4.79 Å². The molecule has 1 unspecified atom stereocenters. The van der Waals surface area contributed by atoms with E-state index in [4.69, 9.17) is 20.0 Å². The molecule has 10 nitrogen and oxygen atoms in total. The summed E-state index contributed by atoms with van der Waals surface area (Å²) >= 11 is 0. The minimum atomic E-state index is -1.10. The lowest BCUT2D eigenvalue weighted by Crippen LogP contribution is -2.50. The zero-order valence-corrected chi connectivity index (χ0v) is 19.5. The highest BCUT2D eigenvalue weighted by atomic mass is 16.6. The zero-order chi connectivity index (χ0) is 24.3. The number of nitrogens with zero attached hydrogens (tertiary/aromatic N) is 1. The van der Waals surface area contributed by atoms with Gasteiger partial charge in [-0.3, -0.25) is 4.79 Å². The number of ether oxygens (including phenoxy) is 2. The Morgan fingerprint density at radius 2 is 1.97 bits per heavy atom. The summed E-state index contributed by atoms with van der Waals surface area (Å²) in [4.78, 5) is 42.4. The maximum Gasteiger partial charge on any atom is 0.408 e. The Hall–Kier alpha value is -3.14. The van der Waals surface area contributed by atoms with Crippen molar-refractivity contribution in [2.45, 2.75) is 70.8 Å². The number of carbonyl (C=O) groups is 3. The van der Waals surface area contributed by atoms with Gasteiger partial charge >= 0.3 is 12.1 Å². The van der Waals surface area contributed by atoms with Crippen molar-refractivity contribution in [3.05, 3.63) is 35.9 Å². The number of alkyl carbamates (subject to hydrolysis) is 1. The number of rotatable bonds is 11. The molecule has 1 aromatic carbocycles. The first-order chi connectivity index (χ1) is 15.7. The second kappa shape index (κ2) is 12.8. The van der Waals surface area contributed by atoms with E-state index in [1.165, 1.54) is 0 Å². The van der Waals surface area contributed by atoms with E-state index >= 15 is 0 Å². The van der Waals surface area contributed by atoms with E-state index in [0.717, 1.165) is 11.3 Å². The molecule has 1 aliphatic heterocycles. The number of esters is 1. The summed E-state index contributed by atoms with van der Waals surface area (Å²) in [5.41, 5.74) is 6.46. The van der Waals surface area contributed by atoms with Gasteiger partial charge in [0.2, 0.25) is 5.91 Å². The molecule has 1 aromatic rings. The quantitative estimate of drug-likeness (QED) is 0.427. The zero-order valence-electron chi connectivity index (χ0n) is 19.5. The smallest absolute Gasteiger partial charge is 0.408 e. The van der Waals surface area contributed by atoms with Crippen molar-refractivity contribution in [2.75, 3.05) is 13.1 Å². The van der Waals surface area contributed by atoms with Crippen LogP contribution >= 0.6 is 0 Å². The van der Waals surface area contributed by atoms with Crippen LogP contribution in [-0.4, -0.2) is 54.5 Å². The Bertz CT molecular complexity index is 822. The summed E-state index contributed by atoms with van der Waals surface area (Å²) in [7, 11) is 0. The molecule has 0 radical (unpaired) electrons. The van der Waals surface area contributed by atoms with Gasteiger partial charge in [0.15, 0.2) is 0 Å². The Morgan fingerprint density at radius 1 is 1.24 bits per heavy atom. The number of oxime groups is 1. The molecule has 1 aliphatic rings. The molecule has 10 heteroatoms. The predicted octanol–water partition coefficient (Wildman–Crippen LogP) is 2.01. The highest BCUT2D eigenvalue weighted by Crippen LogP contribution is 2.17. The number of hydrogen-bond acceptors (Lipinski definition) is 8. The molecule has 1 heterocycles. The van der Waals surface area contributed by atoms with E-state index in [0.29, 0.717) is 25.8 Å². The second-order valence-electron chi connectivity index (χ2n) is 8.76. The Labute approximate surface area is 194 Å². The average Bonchev–Trinajstić information content (AvgIpc) is 3.21. The minimum absolute atomic E-state index is 0.0513. The van der Waals surface area contributed by atoms with Gasteiger partial charge in [0.1, 0.15) is 24.4 Å². The van der Waals surface area contributed by atoms with Crippen molar-refractivity contribution in [1.29, 1.82) is 0 Å². The van der Waals surface area contributed by atoms with E-state index in [1.807, 2.05) is 30.3 Å². The van der Waals surface area contributed by atoms with Gasteiger partial charge in [0.05, 0.1) is 5.71 Å². The molecular weight excluding hydrogens is 428 g/mol. The SMILES string of the molecule is CC(C)(C)OC(=O)[C@H](CNC(=O)CCC1CC(CCN)=NO1)NC(=O)OCc1ccccc1. The third-order valence-corrected chi connectivity index (χ3v) is 4.62. The van der Waals surface area contributed by atoms with Crippen molar-refractivity contribution < 1.29 is 28.7 Å². The Morgan fingerprint density at radius 3 is 2.64 bits per heavy atom. The molecule has 182 valence electrons. The van der Waals surface area contributed by atoms with Crippen LogP contribution in [0, 0.1) is 0 Å². The van der Waals surface area contributed by atoms with Crippen LogP contribution in [0.25, 0.3) is 0 Å². The maximum absolute atomic E-state index is 12.6. The van der Waals surface area contributed by atoms with Gasteiger partial charge in [-0.1, -0.05) is 35.5 Å². The molecule has 0 aliphatic carbocycles. The molecule has 2 amide bonds. The Kier molecular flexibility index (Phi) is 10.1. The molecule has 0 bridgehead atoms. The summed E-state index contributed by atoms with van der Waals surface area (Å²) in [6, 6.07) is 8.05. The van der Waals surface area contributed by atoms with Crippen molar-refractivity contribution in [3.63, 3.8) is 0 Å². The average molecular weight is 463 g/mol. The molecule has 0 aromatic heterocycles. The van der Waals surface area contributed by atoms with Crippen molar-refractivity contribution in [2.24, 2.45) is 10.9 Å². The molecule has 33 heavy (non-hydrogen) atoms. The number of nitrogens with two attached hydrogens (primary N) is 1. The maximum atomic E-state index is 12.6. The van der Waals surface area contributed by atoms with Crippen LogP contribution in [0.3, 0.4) is 0 Å². The first-order valence-corrected chi connectivity index (χ1v) is 11.0. The fourth-order valence-corrected chi connectivity index (χ4v) is 3.03. The van der Waals surface area contributed by atoms with Crippen LogP contribution in [0.2, 0.25) is 0 Å². The fraction of sp³-hybridized carbons (Fsp3) is 0.565. The summed E-state index contributed by atoms with van der Waals surface area (Å²) in [5.74, 6) is -0.947. The summed E-state index contributed by atoms with van der Waals surface area (Å²) in [5, 5.41) is 9.11. The molecule has 2 rings (SSSR count). The predicted molar refractivity (Wildman–Crippen MR) is 122 cm³/mol. The minimum Gasteiger partial charge on any atom is -0.458 e. The topological polar surface area (TPSA) is 141 Å². The van der Waals surface area contributed by atoms with E-state index in [2.05, 4.69) is 15.8 Å². The number of carbonyl (C=O) groups excluding carboxylic acids is 3. The monoisotopic (exact) mass is 462 g/mol. The second-order valence-corrected chi connectivity index (χ2v) is 8.76. The van der Waals surface area contributed by atoms with Crippen molar-refractivity contribution >= 4 is 23.7 Å². The molecular formula is C23H34N4O6. The number of nitrogens with one attached hydrogen (secondary N) is 2. The largest absolute Gasteiger partial charge is 0.458 e. The first-order valence-electron chi connectivity index (χ1n) is 11.0. The van der Waals surface area contributed by atoms with E-state index in [-0.39, 0.29) is 31.6 Å². The molecule has 0 saturated carbocycles.